The van der Waals surface area contributed by atoms with E-state index >= 15 is 0 Å². The lowest BCUT2D eigenvalue weighted by molar-refractivity contribution is 0.0946. The first-order valence-corrected chi connectivity index (χ1v) is 11.6. The van der Waals surface area contributed by atoms with Gasteiger partial charge in [-0.2, -0.15) is 0 Å². The zero-order chi connectivity index (χ0) is 25.7. The third-order valence-corrected chi connectivity index (χ3v) is 5.95. The van der Waals surface area contributed by atoms with Crippen LogP contribution in [-0.4, -0.2) is 54.3 Å². The Bertz CT molecular complexity index is 1530. The average molecular weight is 492 g/mol. The van der Waals surface area contributed by atoms with Crippen molar-refractivity contribution in [3.8, 4) is 11.5 Å². The number of amides is 1. The molecule has 0 spiro atoms. The summed E-state index contributed by atoms with van der Waals surface area (Å²) in [5.41, 5.74) is 1.56. The van der Waals surface area contributed by atoms with Crippen LogP contribution >= 0.6 is 0 Å². The predicted molar refractivity (Wildman–Crippen MR) is 135 cm³/mol. The maximum atomic E-state index is 13.3. The molecule has 4 rings (SSSR count). The third-order valence-electron chi connectivity index (χ3n) is 5.95. The molecule has 10 nitrogen and oxygen atoms in total. The van der Waals surface area contributed by atoms with Crippen molar-refractivity contribution < 1.29 is 19.0 Å². The van der Waals surface area contributed by atoms with Crippen LogP contribution < -0.4 is 25.8 Å². The Kier molecular flexibility index (Phi) is 7.65. The van der Waals surface area contributed by atoms with E-state index < -0.39 is 5.91 Å². The summed E-state index contributed by atoms with van der Waals surface area (Å²) in [4.78, 5) is 31.0. The van der Waals surface area contributed by atoms with Crippen LogP contribution in [-0.2, 0) is 17.7 Å². The van der Waals surface area contributed by atoms with Gasteiger partial charge < -0.3 is 24.1 Å². The fourth-order valence-electron chi connectivity index (χ4n) is 4.07. The molecule has 0 fully saturated rings. The Morgan fingerprint density at radius 1 is 1.08 bits per heavy atom. The molecule has 188 valence electrons. The number of aryl methyl sites for hydroxylation is 2. The smallest absolute Gasteiger partial charge is 0.267 e. The number of rotatable bonds is 10. The average Bonchev–Trinajstić information content (AvgIpc) is 2.90. The second-order valence-corrected chi connectivity index (χ2v) is 8.18. The van der Waals surface area contributed by atoms with Gasteiger partial charge >= 0.3 is 0 Å². The summed E-state index contributed by atoms with van der Waals surface area (Å²) in [6.45, 7) is 1.23. The van der Waals surface area contributed by atoms with Gasteiger partial charge in [0.2, 0.25) is 0 Å². The van der Waals surface area contributed by atoms with Crippen LogP contribution in [0.2, 0.25) is 0 Å². The molecule has 0 saturated carbocycles. The second-order valence-electron chi connectivity index (χ2n) is 8.18. The van der Waals surface area contributed by atoms with Crippen molar-refractivity contribution >= 4 is 22.6 Å². The van der Waals surface area contributed by atoms with E-state index in [0.717, 1.165) is 5.56 Å². The Hall–Kier alpha value is -4.18. The van der Waals surface area contributed by atoms with Gasteiger partial charge in [-0.3, -0.25) is 19.4 Å². The lowest BCUT2D eigenvalue weighted by Crippen LogP contribution is -2.35. The normalized spacial score (nSPS) is 11.1. The molecule has 10 heteroatoms. The van der Waals surface area contributed by atoms with Gasteiger partial charge in [0.1, 0.15) is 16.8 Å². The number of methoxy groups -OCH3 is 3. The van der Waals surface area contributed by atoms with Gasteiger partial charge in [-0.15, -0.1) is 0 Å². The number of carbonyl (C=O) groups excluding carboxylic acids is 1. The van der Waals surface area contributed by atoms with E-state index in [-0.39, 0.29) is 22.0 Å². The maximum absolute atomic E-state index is 13.3. The van der Waals surface area contributed by atoms with Crippen LogP contribution in [0.25, 0.3) is 16.7 Å². The minimum Gasteiger partial charge on any atom is -0.493 e. The number of ether oxygens (including phenoxy) is 3. The van der Waals surface area contributed by atoms with Gasteiger partial charge in [0.25, 0.3) is 11.5 Å². The van der Waals surface area contributed by atoms with E-state index in [0.29, 0.717) is 55.3 Å². The molecule has 0 bridgehead atoms. The summed E-state index contributed by atoms with van der Waals surface area (Å²) in [6.07, 6.45) is 2.79. The van der Waals surface area contributed by atoms with Gasteiger partial charge in [0.05, 0.1) is 25.2 Å². The van der Waals surface area contributed by atoms with Crippen molar-refractivity contribution in [2.45, 2.75) is 19.4 Å². The number of nitrogens with zero attached hydrogens (tertiary/aromatic N) is 3. The molecule has 3 heterocycles. The first kappa shape index (κ1) is 24.9. The first-order valence-electron chi connectivity index (χ1n) is 11.6. The molecule has 0 saturated heterocycles. The molecule has 0 aliphatic heterocycles. The first-order chi connectivity index (χ1) is 17.5. The van der Waals surface area contributed by atoms with E-state index in [1.807, 2.05) is 18.2 Å². The number of hydrogen-bond donors (Lipinski definition) is 2. The predicted octanol–water partition coefficient (Wildman–Crippen LogP) is 2.15. The monoisotopic (exact) mass is 491 g/mol. The highest BCUT2D eigenvalue weighted by atomic mass is 16.5. The van der Waals surface area contributed by atoms with E-state index in [2.05, 4.69) is 10.3 Å². The number of fused-ring (bicyclic) bond motifs is 2. The second kappa shape index (κ2) is 11.0. The summed E-state index contributed by atoms with van der Waals surface area (Å²) in [7, 11) is 4.74. The van der Waals surface area contributed by atoms with Crippen LogP contribution in [0.3, 0.4) is 0 Å². The van der Waals surface area contributed by atoms with Crippen LogP contribution in [0.15, 0.2) is 53.5 Å². The van der Waals surface area contributed by atoms with Crippen LogP contribution in [0.5, 0.6) is 11.5 Å². The van der Waals surface area contributed by atoms with Crippen LogP contribution in [0.4, 0.5) is 0 Å². The molecule has 1 amide bonds. The van der Waals surface area contributed by atoms with Crippen molar-refractivity contribution in [1.82, 2.24) is 19.3 Å². The lowest BCUT2D eigenvalue weighted by Gasteiger charge is -2.15. The summed E-state index contributed by atoms with van der Waals surface area (Å²) in [5.74, 6) is 0.798. The number of aromatic nitrogens is 3. The highest BCUT2D eigenvalue weighted by molar-refractivity contribution is 5.96. The maximum Gasteiger partial charge on any atom is 0.267 e. The van der Waals surface area contributed by atoms with Gasteiger partial charge in [-0.25, -0.2) is 4.98 Å². The van der Waals surface area contributed by atoms with Crippen molar-refractivity contribution in [1.29, 1.82) is 5.41 Å². The fourth-order valence-corrected chi connectivity index (χ4v) is 4.07. The molecule has 0 unspecified atom stereocenters. The van der Waals surface area contributed by atoms with Gasteiger partial charge in [0, 0.05) is 33.0 Å². The van der Waals surface area contributed by atoms with Crippen LogP contribution in [0, 0.1) is 5.41 Å². The Morgan fingerprint density at radius 3 is 2.64 bits per heavy atom. The number of carbonyl (C=O) groups is 1. The number of nitrogens with one attached hydrogen (secondary N) is 2. The number of hydrogen-bond acceptors (Lipinski definition) is 7. The molecular weight excluding hydrogens is 462 g/mol. The molecule has 2 N–H and O–H groups in total. The van der Waals surface area contributed by atoms with Gasteiger partial charge in [-0.05, 0) is 48.7 Å². The molecule has 3 aromatic heterocycles. The van der Waals surface area contributed by atoms with Crippen molar-refractivity contribution in [3.05, 3.63) is 75.6 Å². The van der Waals surface area contributed by atoms with Crippen molar-refractivity contribution in [3.63, 3.8) is 0 Å². The molecule has 0 aliphatic carbocycles. The van der Waals surface area contributed by atoms with E-state index in [1.165, 1.54) is 10.5 Å². The molecule has 1 aromatic carbocycles. The fraction of sp³-hybridized carbons (Fsp3) is 0.308. The zero-order valence-corrected chi connectivity index (χ0v) is 20.5. The Labute approximate surface area is 207 Å². The van der Waals surface area contributed by atoms with Crippen molar-refractivity contribution in [2.75, 3.05) is 34.5 Å². The standard InChI is InChI=1S/C26H29N5O5/c1-34-14-6-11-28-25(32)18-16-19-24(29-22-7-4-5-12-30(22)26(19)33)31(23(18)27)13-10-17-8-9-20(35-2)21(15-17)36-3/h4-5,7-9,12,15-16,27H,6,10-11,13-14H2,1-3H3,(H,28,32). The SMILES string of the molecule is COCCCNC(=O)c1cc2c(=O)n3ccccc3nc2n(CCc2ccc(OC)c(OC)c2)c1=N. The minimum absolute atomic E-state index is 0.0144. The van der Waals surface area contributed by atoms with Crippen LogP contribution in [0.1, 0.15) is 22.3 Å². The number of benzene rings is 1. The van der Waals surface area contributed by atoms with E-state index in [1.54, 1.807) is 50.3 Å². The Balaban J connectivity index is 1.80. The molecule has 36 heavy (non-hydrogen) atoms. The number of pyridine rings is 2. The molecule has 4 aromatic rings. The minimum atomic E-state index is -0.421. The van der Waals surface area contributed by atoms with E-state index in [4.69, 9.17) is 19.6 Å². The summed E-state index contributed by atoms with van der Waals surface area (Å²) in [5, 5.41) is 11.9. The van der Waals surface area contributed by atoms with Gasteiger partial charge in [0.15, 0.2) is 11.5 Å². The third kappa shape index (κ3) is 4.94. The molecule has 0 atom stereocenters. The highest BCUT2D eigenvalue weighted by Gasteiger charge is 2.17. The highest BCUT2D eigenvalue weighted by Crippen LogP contribution is 2.27. The van der Waals surface area contributed by atoms with Gasteiger partial charge in [-0.1, -0.05) is 12.1 Å². The summed E-state index contributed by atoms with van der Waals surface area (Å²) in [6, 6.07) is 12.3. The molecule has 0 radical (unpaired) electrons. The topological polar surface area (TPSA) is 120 Å². The largest absolute Gasteiger partial charge is 0.493 e. The quantitative estimate of drug-likeness (QED) is 0.259. The zero-order valence-electron chi connectivity index (χ0n) is 20.5. The molecule has 0 aliphatic rings. The summed E-state index contributed by atoms with van der Waals surface area (Å²) >= 11 is 0. The lowest BCUT2D eigenvalue weighted by atomic mass is 10.1. The Morgan fingerprint density at radius 2 is 1.89 bits per heavy atom. The molecular formula is C26H29N5O5. The van der Waals surface area contributed by atoms with E-state index in [9.17, 15) is 9.59 Å². The summed E-state index contributed by atoms with van der Waals surface area (Å²) < 4.78 is 18.8. The van der Waals surface area contributed by atoms with Crippen molar-refractivity contribution in [2.24, 2.45) is 0 Å².